The molecule has 0 spiro atoms. The molecule has 1 aliphatic heterocycles. The molecular weight excluding hydrogens is 464 g/mol. The maximum absolute atomic E-state index is 12.7. The van der Waals surface area contributed by atoms with Crippen LogP contribution in [0.4, 0.5) is 0 Å². The maximum Gasteiger partial charge on any atom is 0.344 e. The van der Waals surface area contributed by atoms with E-state index < -0.39 is 5.97 Å². The summed E-state index contributed by atoms with van der Waals surface area (Å²) in [6, 6.07) is 3.19. The monoisotopic (exact) mass is 480 g/mol. The van der Waals surface area contributed by atoms with Crippen molar-refractivity contribution in [1.82, 2.24) is 5.01 Å². The number of allylic oxidation sites excluding steroid dienone is 2. The quantitative estimate of drug-likeness (QED) is 0.270. The molecule has 4 atom stereocenters. The first kappa shape index (κ1) is 20.1. The number of amides is 2. The minimum Gasteiger partial charge on any atom is -0.480 e. The molecule has 0 unspecified atom stereocenters. The van der Waals surface area contributed by atoms with Gasteiger partial charge >= 0.3 is 5.97 Å². The summed E-state index contributed by atoms with van der Waals surface area (Å²) in [6.07, 6.45) is 6.26. The first-order valence-corrected chi connectivity index (χ1v) is 10.5. The lowest BCUT2D eigenvalue weighted by atomic mass is 9.85. The maximum atomic E-state index is 12.7. The molecule has 0 radical (unpaired) electrons. The van der Waals surface area contributed by atoms with E-state index >= 15 is 0 Å². The smallest absolute Gasteiger partial charge is 0.344 e. The summed E-state index contributed by atoms with van der Waals surface area (Å²) in [4.78, 5) is 37.1. The number of ether oxygens (including phenoxy) is 2. The first-order valence-electron chi connectivity index (χ1n) is 9.28. The lowest BCUT2D eigenvalue weighted by Crippen LogP contribution is -2.28. The summed E-state index contributed by atoms with van der Waals surface area (Å²) in [5.41, 5.74) is 0.424. The van der Waals surface area contributed by atoms with E-state index in [9.17, 15) is 14.4 Å². The Bertz CT molecular complexity index is 917. The molecule has 2 fully saturated rings. The summed E-state index contributed by atoms with van der Waals surface area (Å²) < 4.78 is 10.9. The number of nitrogens with zero attached hydrogens (tertiary/aromatic N) is 2. The van der Waals surface area contributed by atoms with Crippen molar-refractivity contribution in [3.8, 4) is 5.75 Å². The van der Waals surface area contributed by atoms with Gasteiger partial charge in [0.25, 0.3) is 11.8 Å². The van der Waals surface area contributed by atoms with Crippen LogP contribution in [0.15, 0.2) is 33.9 Å². The average Bonchev–Trinajstić information content (AvgIpc) is 3.34. The topological polar surface area (TPSA) is 85.3 Å². The number of fused-ring (bicyclic) bond motifs is 5. The highest BCUT2D eigenvalue weighted by Crippen LogP contribution is 2.52. The van der Waals surface area contributed by atoms with Crippen LogP contribution >= 0.6 is 27.5 Å². The van der Waals surface area contributed by atoms with Crippen LogP contribution in [0.2, 0.25) is 5.02 Å². The van der Waals surface area contributed by atoms with Crippen LogP contribution in [0.1, 0.15) is 18.9 Å². The molecule has 2 aliphatic carbocycles. The van der Waals surface area contributed by atoms with Gasteiger partial charge in [0.05, 0.1) is 29.1 Å². The van der Waals surface area contributed by atoms with Crippen molar-refractivity contribution < 1.29 is 23.9 Å². The normalized spacial score (nSPS) is 27.2. The van der Waals surface area contributed by atoms with Crippen molar-refractivity contribution in [2.24, 2.45) is 28.8 Å². The molecule has 0 aromatic heterocycles. The Hall–Kier alpha value is -2.19. The third-order valence-corrected chi connectivity index (χ3v) is 6.24. The van der Waals surface area contributed by atoms with Gasteiger partial charge in [0.15, 0.2) is 6.61 Å². The van der Waals surface area contributed by atoms with Gasteiger partial charge < -0.3 is 9.47 Å². The number of halogens is 2. The standard InChI is InChI=1S/C20H18BrClN2O5/c1-2-28-15(25)9-29-18-12(6-13(22)7-14(18)21)8-23-24-19(26)16-10-3-4-11(5-10)17(16)20(24)27/h3-4,6-8,10-11,16-17H,2,5,9H2,1H3/t10-,11-,16-,17+/m0/s1. The Morgan fingerprint density at radius 3 is 2.55 bits per heavy atom. The largest absolute Gasteiger partial charge is 0.480 e. The van der Waals surface area contributed by atoms with Crippen LogP contribution in [0, 0.1) is 23.7 Å². The van der Waals surface area contributed by atoms with Crippen LogP contribution in [0.25, 0.3) is 0 Å². The van der Waals surface area contributed by atoms with E-state index in [0.717, 1.165) is 11.4 Å². The van der Waals surface area contributed by atoms with Crippen LogP contribution in [0.5, 0.6) is 5.75 Å². The molecule has 1 saturated heterocycles. The van der Waals surface area contributed by atoms with Crippen molar-refractivity contribution in [3.05, 3.63) is 39.3 Å². The zero-order chi connectivity index (χ0) is 20.7. The number of carbonyl (C=O) groups is 3. The van der Waals surface area contributed by atoms with E-state index in [1.165, 1.54) is 6.21 Å². The van der Waals surface area contributed by atoms with E-state index in [1.54, 1.807) is 19.1 Å². The fourth-order valence-electron chi connectivity index (χ4n) is 4.28. The summed E-state index contributed by atoms with van der Waals surface area (Å²) in [7, 11) is 0. The highest BCUT2D eigenvalue weighted by atomic mass is 79.9. The molecule has 3 aliphatic rings. The van der Waals surface area contributed by atoms with Gasteiger partial charge in [0, 0.05) is 10.6 Å². The molecule has 9 heteroatoms. The van der Waals surface area contributed by atoms with Gasteiger partial charge in [-0.25, -0.2) is 4.79 Å². The highest BCUT2D eigenvalue weighted by molar-refractivity contribution is 9.10. The third kappa shape index (κ3) is 3.59. The molecule has 152 valence electrons. The van der Waals surface area contributed by atoms with Crippen molar-refractivity contribution in [3.63, 3.8) is 0 Å². The van der Waals surface area contributed by atoms with Gasteiger partial charge in [-0.15, -0.1) is 0 Å². The lowest BCUT2D eigenvalue weighted by molar-refractivity contribution is -0.145. The second kappa shape index (κ2) is 7.91. The van der Waals surface area contributed by atoms with Crippen LogP contribution in [-0.2, 0) is 19.1 Å². The van der Waals surface area contributed by atoms with Gasteiger partial charge in [-0.1, -0.05) is 23.8 Å². The Kier molecular flexibility index (Phi) is 5.48. The second-order valence-corrected chi connectivity index (χ2v) is 8.42. The molecule has 29 heavy (non-hydrogen) atoms. The number of esters is 1. The summed E-state index contributed by atoms with van der Waals surface area (Å²) >= 11 is 9.47. The van der Waals surface area contributed by atoms with Crippen molar-refractivity contribution in [2.45, 2.75) is 13.3 Å². The Morgan fingerprint density at radius 1 is 1.28 bits per heavy atom. The fraction of sp³-hybridized carbons (Fsp3) is 0.400. The van der Waals surface area contributed by atoms with E-state index in [4.69, 9.17) is 21.1 Å². The summed E-state index contributed by atoms with van der Waals surface area (Å²) in [6.45, 7) is 1.65. The van der Waals surface area contributed by atoms with Crippen LogP contribution < -0.4 is 4.74 Å². The van der Waals surface area contributed by atoms with E-state index in [1.807, 2.05) is 12.2 Å². The third-order valence-electron chi connectivity index (χ3n) is 5.44. The number of rotatable bonds is 6. The lowest BCUT2D eigenvalue weighted by Gasteiger charge is -2.13. The van der Waals surface area contributed by atoms with Crippen LogP contribution in [-0.4, -0.2) is 42.2 Å². The van der Waals surface area contributed by atoms with Crippen molar-refractivity contribution in [2.75, 3.05) is 13.2 Å². The Morgan fingerprint density at radius 2 is 1.93 bits per heavy atom. The molecule has 1 saturated carbocycles. The molecule has 7 nitrogen and oxygen atoms in total. The van der Waals surface area contributed by atoms with Gasteiger partial charge in [-0.2, -0.15) is 10.1 Å². The number of carbonyl (C=O) groups excluding carboxylic acids is 3. The minimum absolute atomic E-state index is 0.116. The molecule has 2 bridgehead atoms. The summed E-state index contributed by atoms with van der Waals surface area (Å²) in [5.74, 6) is -1.16. The zero-order valence-electron chi connectivity index (χ0n) is 15.5. The van der Waals surface area contributed by atoms with Gasteiger partial charge in [0.1, 0.15) is 5.75 Å². The van der Waals surface area contributed by atoms with E-state index in [2.05, 4.69) is 21.0 Å². The highest BCUT2D eigenvalue weighted by Gasteiger charge is 2.59. The zero-order valence-corrected chi connectivity index (χ0v) is 17.9. The Labute approximate surface area is 180 Å². The second-order valence-electron chi connectivity index (χ2n) is 7.13. The van der Waals surface area contributed by atoms with Gasteiger partial charge in [-0.05, 0) is 53.2 Å². The van der Waals surface area contributed by atoms with Crippen molar-refractivity contribution >= 4 is 51.5 Å². The molecule has 1 aromatic rings. The molecule has 1 heterocycles. The number of benzene rings is 1. The summed E-state index contributed by atoms with van der Waals surface area (Å²) in [5, 5.41) is 5.50. The fourth-order valence-corrected chi connectivity index (χ4v) is 5.23. The average molecular weight is 482 g/mol. The Balaban J connectivity index is 1.56. The molecular formula is C20H18BrClN2O5. The van der Waals surface area contributed by atoms with E-state index in [-0.39, 0.29) is 48.7 Å². The first-order chi connectivity index (χ1) is 13.9. The number of hydrogen-bond donors (Lipinski definition) is 0. The van der Waals surface area contributed by atoms with Crippen molar-refractivity contribution in [1.29, 1.82) is 0 Å². The molecule has 2 amide bonds. The van der Waals surface area contributed by atoms with E-state index in [0.29, 0.717) is 20.8 Å². The number of hydrazone groups is 1. The SMILES string of the molecule is CCOC(=O)COc1c(Br)cc(Cl)cc1C=NN1C(=O)[C@@H]2[C@H](C1=O)[C@H]1C=C[C@H]2C1. The predicted molar refractivity (Wildman–Crippen MR) is 108 cm³/mol. The minimum atomic E-state index is -0.516. The number of imide groups is 1. The molecule has 0 N–H and O–H groups in total. The van der Waals surface area contributed by atoms with Crippen LogP contribution in [0.3, 0.4) is 0 Å². The predicted octanol–water partition coefficient (Wildman–Crippen LogP) is 3.19. The molecule has 1 aromatic carbocycles. The van der Waals surface area contributed by atoms with Gasteiger partial charge in [0.2, 0.25) is 0 Å². The molecule has 4 rings (SSSR count). The van der Waals surface area contributed by atoms with Gasteiger partial charge in [-0.3, -0.25) is 9.59 Å². The number of hydrogen-bond acceptors (Lipinski definition) is 6.